The third-order valence-corrected chi connectivity index (χ3v) is 6.16. The molecule has 0 fully saturated rings. The zero-order chi connectivity index (χ0) is 14.2. The van der Waals surface area contributed by atoms with Gasteiger partial charge in [-0.3, -0.25) is 0 Å². The van der Waals surface area contributed by atoms with Crippen LogP contribution in [-0.4, -0.2) is 30.7 Å². The van der Waals surface area contributed by atoms with Crippen LogP contribution < -0.4 is 10.6 Å². The molecule has 0 saturated carbocycles. The number of rotatable bonds is 7. The van der Waals surface area contributed by atoms with Gasteiger partial charge >= 0.3 is 0 Å². The van der Waals surface area contributed by atoms with E-state index in [9.17, 15) is 0 Å². The quantitative estimate of drug-likeness (QED) is 0.519. The number of benzene rings is 2. The molecular weight excluding hydrogens is 364 g/mol. The molecule has 0 heterocycles. The fourth-order valence-electron chi connectivity index (χ4n) is 2.40. The third kappa shape index (κ3) is 5.63. The van der Waals surface area contributed by atoms with Gasteiger partial charge in [-0.15, -0.1) is 0 Å². The average Bonchev–Trinajstić information content (AvgIpc) is 2.53. The molecule has 1 radical (unpaired) electrons. The minimum Gasteiger partial charge on any atom is -0.304 e. The molecule has 0 atom stereocenters. The van der Waals surface area contributed by atoms with Gasteiger partial charge in [0.15, 0.2) is 0 Å². The van der Waals surface area contributed by atoms with Gasteiger partial charge in [-0.05, 0) is 37.8 Å². The first-order chi connectivity index (χ1) is 9.85. The molecular formula is C18H24NPRh. The van der Waals surface area contributed by atoms with E-state index in [1.807, 2.05) is 0 Å². The van der Waals surface area contributed by atoms with E-state index in [0.29, 0.717) is 0 Å². The van der Waals surface area contributed by atoms with Crippen LogP contribution in [0.25, 0.3) is 0 Å². The first-order valence-electron chi connectivity index (χ1n) is 7.45. The molecule has 0 aliphatic heterocycles. The average molecular weight is 388 g/mol. The van der Waals surface area contributed by atoms with E-state index >= 15 is 0 Å². The molecule has 115 valence electrons. The van der Waals surface area contributed by atoms with Gasteiger partial charge in [-0.25, -0.2) is 0 Å². The predicted molar refractivity (Wildman–Crippen MR) is 91.7 cm³/mol. The molecule has 0 spiro atoms. The summed E-state index contributed by atoms with van der Waals surface area (Å²) in [5.74, 6) is 0. The van der Waals surface area contributed by atoms with Gasteiger partial charge in [0.2, 0.25) is 0 Å². The molecule has 1 nitrogen and oxygen atoms in total. The Morgan fingerprint density at radius 3 is 1.57 bits per heavy atom. The summed E-state index contributed by atoms with van der Waals surface area (Å²) in [4.78, 5) is 2.52. The fraction of sp³-hybridized carbons (Fsp3) is 0.333. The molecule has 0 aliphatic rings. The van der Waals surface area contributed by atoms with Crippen molar-refractivity contribution < 1.29 is 19.5 Å². The van der Waals surface area contributed by atoms with E-state index in [2.05, 4.69) is 79.4 Å². The molecule has 0 bridgehead atoms. The Morgan fingerprint density at radius 2 is 1.19 bits per heavy atom. The predicted octanol–water partition coefficient (Wildman–Crippen LogP) is 3.46. The Kier molecular flexibility index (Phi) is 9.01. The normalized spacial score (nSPS) is 10.7. The minimum atomic E-state index is -0.236. The van der Waals surface area contributed by atoms with Crippen molar-refractivity contribution >= 4 is 18.5 Å². The minimum absolute atomic E-state index is 0. The summed E-state index contributed by atoms with van der Waals surface area (Å²) >= 11 is 0. The molecule has 3 heteroatoms. The van der Waals surface area contributed by atoms with Crippen LogP contribution in [0.1, 0.15) is 13.8 Å². The third-order valence-electron chi connectivity index (χ3n) is 3.67. The van der Waals surface area contributed by atoms with E-state index in [1.165, 1.54) is 23.3 Å². The van der Waals surface area contributed by atoms with Crippen molar-refractivity contribution in [2.24, 2.45) is 0 Å². The van der Waals surface area contributed by atoms with Crippen molar-refractivity contribution in [2.75, 3.05) is 25.8 Å². The zero-order valence-corrected chi connectivity index (χ0v) is 15.4. The molecule has 0 N–H and O–H groups in total. The summed E-state index contributed by atoms with van der Waals surface area (Å²) in [5.41, 5.74) is 0. The van der Waals surface area contributed by atoms with Crippen molar-refractivity contribution in [1.82, 2.24) is 4.90 Å². The SMILES string of the molecule is CCN(CC)CCP(c1ccccc1)c1ccccc1.[Rh]. The van der Waals surface area contributed by atoms with Crippen molar-refractivity contribution in [3.63, 3.8) is 0 Å². The van der Waals surface area contributed by atoms with Gasteiger partial charge < -0.3 is 4.90 Å². The van der Waals surface area contributed by atoms with Gasteiger partial charge in [0, 0.05) is 26.0 Å². The maximum absolute atomic E-state index is 2.52. The second-order valence-electron chi connectivity index (χ2n) is 4.85. The van der Waals surface area contributed by atoms with Crippen molar-refractivity contribution in [1.29, 1.82) is 0 Å². The summed E-state index contributed by atoms with van der Waals surface area (Å²) in [5, 5.41) is 2.97. The largest absolute Gasteiger partial charge is 0.304 e. The Hall–Kier alpha value is -0.547. The topological polar surface area (TPSA) is 3.24 Å². The Balaban J connectivity index is 0.00000220. The van der Waals surface area contributed by atoms with Crippen molar-refractivity contribution in [3.05, 3.63) is 60.7 Å². The smallest absolute Gasteiger partial charge is 0.00265 e. The van der Waals surface area contributed by atoms with Crippen LogP contribution in [0.2, 0.25) is 0 Å². The Bertz CT molecular complexity index is 446. The van der Waals surface area contributed by atoms with Crippen LogP contribution in [0.15, 0.2) is 60.7 Å². The summed E-state index contributed by atoms with van der Waals surface area (Å²) in [7, 11) is -0.236. The van der Waals surface area contributed by atoms with Crippen LogP contribution in [0.3, 0.4) is 0 Å². The van der Waals surface area contributed by atoms with Crippen LogP contribution in [0.4, 0.5) is 0 Å². The number of hydrogen-bond donors (Lipinski definition) is 0. The van der Waals surface area contributed by atoms with Crippen molar-refractivity contribution in [2.45, 2.75) is 13.8 Å². The summed E-state index contributed by atoms with van der Waals surface area (Å²) < 4.78 is 0. The second kappa shape index (κ2) is 10.2. The van der Waals surface area contributed by atoms with Gasteiger partial charge in [0.1, 0.15) is 0 Å². The summed E-state index contributed by atoms with van der Waals surface area (Å²) in [6.45, 7) is 7.96. The van der Waals surface area contributed by atoms with Crippen LogP contribution in [-0.2, 0) is 19.5 Å². The van der Waals surface area contributed by atoms with E-state index in [4.69, 9.17) is 0 Å². The standard InChI is InChI=1S/C18H24NP.Rh/c1-3-19(4-2)15-16-20(17-11-7-5-8-12-17)18-13-9-6-10-14-18;/h5-14H,3-4,15-16H2,1-2H3;. The van der Waals surface area contributed by atoms with Gasteiger partial charge in [-0.2, -0.15) is 0 Å². The maximum atomic E-state index is 2.52. The molecule has 2 aromatic rings. The second-order valence-corrected chi connectivity index (χ2v) is 7.19. The van der Waals surface area contributed by atoms with E-state index in [-0.39, 0.29) is 27.4 Å². The summed E-state index contributed by atoms with van der Waals surface area (Å²) in [6.07, 6.45) is 1.24. The molecule has 0 amide bonds. The Morgan fingerprint density at radius 1 is 0.762 bits per heavy atom. The first-order valence-corrected chi connectivity index (χ1v) is 8.97. The monoisotopic (exact) mass is 388 g/mol. The molecule has 0 saturated heterocycles. The molecule has 2 aromatic carbocycles. The fourth-order valence-corrected chi connectivity index (χ4v) is 4.77. The first kappa shape index (κ1) is 18.5. The van der Waals surface area contributed by atoms with Crippen LogP contribution in [0.5, 0.6) is 0 Å². The van der Waals surface area contributed by atoms with Crippen LogP contribution >= 0.6 is 7.92 Å². The zero-order valence-electron chi connectivity index (χ0n) is 12.8. The van der Waals surface area contributed by atoms with E-state index < -0.39 is 0 Å². The van der Waals surface area contributed by atoms with E-state index in [1.54, 1.807) is 0 Å². The van der Waals surface area contributed by atoms with Gasteiger partial charge in [0.25, 0.3) is 0 Å². The van der Waals surface area contributed by atoms with Crippen molar-refractivity contribution in [3.8, 4) is 0 Å². The van der Waals surface area contributed by atoms with Crippen LogP contribution in [0, 0.1) is 0 Å². The number of hydrogen-bond acceptors (Lipinski definition) is 1. The van der Waals surface area contributed by atoms with Gasteiger partial charge in [0.05, 0.1) is 0 Å². The molecule has 0 aliphatic carbocycles. The summed E-state index contributed by atoms with van der Waals surface area (Å²) in [6, 6.07) is 22.0. The maximum Gasteiger partial charge on any atom is 0.00265 e. The molecule has 2 rings (SSSR count). The number of nitrogens with zero attached hydrogens (tertiary/aromatic N) is 1. The molecule has 0 aromatic heterocycles. The Labute approximate surface area is 143 Å². The van der Waals surface area contributed by atoms with Gasteiger partial charge in [-0.1, -0.05) is 74.5 Å². The van der Waals surface area contributed by atoms with E-state index in [0.717, 1.165) is 13.1 Å². The molecule has 21 heavy (non-hydrogen) atoms. The molecule has 0 unspecified atom stereocenters.